The Labute approximate surface area is 161 Å². The topological polar surface area (TPSA) is 68.1 Å². The van der Waals surface area contributed by atoms with Crippen molar-refractivity contribution >= 4 is 27.5 Å². The Kier molecular flexibility index (Phi) is 4.78. The third kappa shape index (κ3) is 3.16. The molecule has 1 aliphatic heterocycles. The van der Waals surface area contributed by atoms with Crippen molar-refractivity contribution in [2.24, 2.45) is 0 Å². The molecule has 0 aliphatic carbocycles. The number of likely N-dealkylation sites (tertiary alicyclic amines) is 1. The van der Waals surface area contributed by atoms with Crippen molar-refractivity contribution in [2.75, 3.05) is 13.1 Å². The summed E-state index contributed by atoms with van der Waals surface area (Å²) in [6.07, 6.45) is 7.31. The molecule has 4 rings (SSSR count). The van der Waals surface area contributed by atoms with E-state index in [9.17, 15) is 9.59 Å². The number of pyridine rings is 1. The monoisotopic (exact) mass is 382 g/mol. The smallest absolute Gasteiger partial charge is 0.262 e. The summed E-state index contributed by atoms with van der Waals surface area (Å²) in [5, 5.41) is 0.776. The predicted octanol–water partition coefficient (Wildman–Crippen LogP) is 3.20. The van der Waals surface area contributed by atoms with E-state index in [-0.39, 0.29) is 17.5 Å². The van der Waals surface area contributed by atoms with Crippen LogP contribution >= 0.6 is 11.3 Å². The Morgan fingerprint density at radius 3 is 2.63 bits per heavy atom. The molecule has 0 bridgehead atoms. The molecule has 6 nitrogen and oxygen atoms in total. The van der Waals surface area contributed by atoms with E-state index in [1.54, 1.807) is 46.8 Å². The highest BCUT2D eigenvalue weighted by Gasteiger charge is 2.26. The molecule has 1 amide bonds. The van der Waals surface area contributed by atoms with E-state index in [2.05, 4.69) is 23.8 Å². The van der Waals surface area contributed by atoms with Crippen molar-refractivity contribution in [1.82, 2.24) is 19.4 Å². The predicted molar refractivity (Wildman–Crippen MR) is 106 cm³/mol. The van der Waals surface area contributed by atoms with Crippen LogP contribution in [0.5, 0.6) is 0 Å². The van der Waals surface area contributed by atoms with E-state index in [4.69, 9.17) is 0 Å². The summed E-state index contributed by atoms with van der Waals surface area (Å²) in [4.78, 5) is 38.1. The Hall–Kier alpha value is -2.54. The van der Waals surface area contributed by atoms with Crippen molar-refractivity contribution in [2.45, 2.75) is 39.2 Å². The molecule has 0 N–H and O–H groups in total. The molecule has 0 saturated carbocycles. The van der Waals surface area contributed by atoms with Crippen LogP contribution in [-0.4, -0.2) is 38.4 Å². The third-order valence-electron chi connectivity index (χ3n) is 5.36. The number of piperidine rings is 1. The van der Waals surface area contributed by atoms with Gasteiger partial charge in [-0.05, 0) is 43.9 Å². The number of thiophene rings is 1. The fourth-order valence-corrected chi connectivity index (χ4v) is 4.95. The van der Waals surface area contributed by atoms with Gasteiger partial charge in [-0.15, -0.1) is 11.3 Å². The summed E-state index contributed by atoms with van der Waals surface area (Å²) in [6.45, 7) is 5.41. The number of carbonyl (C=O) groups is 1. The minimum atomic E-state index is 0.0264. The Morgan fingerprint density at radius 2 is 1.96 bits per heavy atom. The Morgan fingerprint density at radius 1 is 1.26 bits per heavy atom. The lowest BCUT2D eigenvalue weighted by atomic mass is 10.0. The van der Waals surface area contributed by atoms with E-state index < -0.39 is 0 Å². The minimum absolute atomic E-state index is 0.0264. The number of aryl methyl sites for hydroxylation is 2. The zero-order valence-electron chi connectivity index (χ0n) is 15.5. The maximum Gasteiger partial charge on any atom is 0.262 e. The Bertz CT molecular complexity index is 1030. The molecular formula is C20H22N4O2S. The second kappa shape index (κ2) is 7.23. The van der Waals surface area contributed by atoms with Gasteiger partial charge in [0.15, 0.2) is 0 Å². The average molecular weight is 382 g/mol. The van der Waals surface area contributed by atoms with Gasteiger partial charge in [0.1, 0.15) is 4.83 Å². The fraction of sp³-hybridized carbons (Fsp3) is 0.400. The van der Waals surface area contributed by atoms with Crippen molar-refractivity contribution in [3.05, 3.63) is 57.2 Å². The molecule has 3 aromatic heterocycles. The molecule has 0 unspecified atom stereocenters. The molecule has 140 valence electrons. The van der Waals surface area contributed by atoms with Gasteiger partial charge < -0.3 is 4.90 Å². The standard InChI is InChI=1S/C20H22N4O2S/c1-3-16-13(2)27-18-17(16)20(26)24(12-22-18)15-6-10-23(11-7-15)19(25)14-4-8-21-9-5-14/h4-5,8-9,12,15H,3,6-7,10-11H2,1-2H3. The molecule has 0 spiro atoms. The number of rotatable bonds is 3. The van der Waals surface area contributed by atoms with Crippen LogP contribution in [0.3, 0.4) is 0 Å². The summed E-state index contributed by atoms with van der Waals surface area (Å²) < 4.78 is 1.78. The van der Waals surface area contributed by atoms with Crippen molar-refractivity contribution in [1.29, 1.82) is 0 Å². The number of aromatic nitrogens is 3. The summed E-state index contributed by atoms with van der Waals surface area (Å²) in [7, 11) is 0. The fourth-order valence-electron chi connectivity index (χ4n) is 3.88. The van der Waals surface area contributed by atoms with Crippen LogP contribution in [0.4, 0.5) is 0 Å². The molecule has 27 heavy (non-hydrogen) atoms. The molecule has 4 heterocycles. The lowest BCUT2D eigenvalue weighted by molar-refractivity contribution is 0.0693. The van der Waals surface area contributed by atoms with Crippen LogP contribution in [-0.2, 0) is 6.42 Å². The first kappa shape index (κ1) is 17.9. The lowest BCUT2D eigenvalue weighted by Gasteiger charge is -2.32. The van der Waals surface area contributed by atoms with Crippen molar-refractivity contribution < 1.29 is 4.79 Å². The van der Waals surface area contributed by atoms with Crippen LogP contribution in [0.2, 0.25) is 0 Å². The van der Waals surface area contributed by atoms with E-state index in [1.807, 2.05) is 4.90 Å². The number of hydrogen-bond donors (Lipinski definition) is 0. The van der Waals surface area contributed by atoms with Gasteiger partial charge in [0.25, 0.3) is 11.5 Å². The second-order valence-electron chi connectivity index (χ2n) is 6.89. The summed E-state index contributed by atoms with van der Waals surface area (Å²) in [6, 6.07) is 3.56. The van der Waals surface area contributed by atoms with Gasteiger partial charge in [0, 0.05) is 42.0 Å². The minimum Gasteiger partial charge on any atom is -0.338 e. The first-order chi connectivity index (χ1) is 13.1. The molecule has 3 aromatic rings. The number of nitrogens with zero attached hydrogens (tertiary/aromatic N) is 4. The van der Waals surface area contributed by atoms with Gasteiger partial charge in [-0.3, -0.25) is 19.1 Å². The molecular weight excluding hydrogens is 360 g/mol. The molecule has 0 radical (unpaired) electrons. The van der Waals surface area contributed by atoms with Gasteiger partial charge in [-0.2, -0.15) is 0 Å². The van der Waals surface area contributed by atoms with Gasteiger partial charge in [-0.1, -0.05) is 6.92 Å². The first-order valence-electron chi connectivity index (χ1n) is 9.28. The highest BCUT2D eigenvalue weighted by atomic mass is 32.1. The number of fused-ring (bicyclic) bond motifs is 1. The van der Waals surface area contributed by atoms with Gasteiger partial charge in [0.2, 0.25) is 0 Å². The number of carbonyl (C=O) groups excluding carboxylic acids is 1. The van der Waals surface area contributed by atoms with Crippen molar-refractivity contribution in [3.8, 4) is 0 Å². The molecule has 1 fully saturated rings. The summed E-state index contributed by atoms with van der Waals surface area (Å²) >= 11 is 1.59. The first-order valence-corrected chi connectivity index (χ1v) is 10.1. The number of amides is 1. The van der Waals surface area contributed by atoms with E-state index in [0.29, 0.717) is 18.7 Å². The van der Waals surface area contributed by atoms with Gasteiger partial charge >= 0.3 is 0 Å². The van der Waals surface area contributed by atoms with Crippen molar-refractivity contribution in [3.63, 3.8) is 0 Å². The Balaban J connectivity index is 1.56. The highest BCUT2D eigenvalue weighted by Crippen LogP contribution is 2.28. The van der Waals surface area contributed by atoms with Crippen LogP contribution < -0.4 is 5.56 Å². The van der Waals surface area contributed by atoms with Gasteiger partial charge in [0.05, 0.1) is 11.7 Å². The molecule has 1 aliphatic rings. The lowest BCUT2D eigenvalue weighted by Crippen LogP contribution is -2.40. The van der Waals surface area contributed by atoms with E-state index in [1.165, 1.54) is 4.88 Å². The zero-order chi connectivity index (χ0) is 19.0. The van der Waals surface area contributed by atoms with Crippen LogP contribution in [0.25, 0.3) is 10.2 Å². The number of hydrogen-bond acceptors (Lipinski definition) is 5. The quantitative estimate of drug-likeness (QED) is 0.698. The maximum atomic E-state index is 13.1. The summed E-state index contributed by atoms with van der Waals surface area (Å²) in [5.41, 5.74) is 1.83. The molecule has 0 aromatic carbocycles. The molecule has 7 heteroatoms. The maximum absolute atomic E-state index is 13.1. The van der Waals surface area contributed by atoms with Crippen LogP contribution in [0.15, 0.2) is 35.6 Å². The zero-order valence-corrected chi connectivity index (χ0v) is 16.3. The van der Waals surface area contributed by atoms with Crippen LogP contribution in [0.1, 0.15) is 46.6 Å². The largest absolute Gasteiger partial charge is 0.338 e. The van der Waals surface area contributed by atoms with E-state index >= 15 is 0 Å². The normalized spacial score (nSPS) is 15.4. The van der Waals surface area contributed by atoms with Crippen LogP contribution in [0, 0.1) is 6.92 Å². The summed E-state index contributed by atoms with van der Waals surface area (Å²) in [5.74, 6) is 0.0264. The SMILES string of the molecule is CCc1c(C)sc2ncn(C3CCN(C(=O)c4ccncc4)CC3)c(=O)c12. The average Bonchev–Trinajstić information content (AvgIpc) is 3.04. The highest BCUT2D eigenvalue weighted by molar-refractivity contribution is 7.18. The third-order valence-corrected chi connectivity index (χ3v) is 6.42. The second-order valence-corrected chi connectivity index (χ2v) is 8.09. The molecule has 0 atom stereocenters. The molecule has 1 saturated heterocycles. The van der Waals surface area contributed by atoms with Gasteiger partial charge in [-0.25, -0.2) is 4.98 Å². The van der Waals surface area contributed by atoms with E-state index in [0.717, 1.165) is 35.0 Å².